The molecule has 0 aromatic rings. The van der Waals surface area contributed by atoms with Crippen LogP contribution in [0.2, 0.25) is 0 Å². The molecule has 4 heteroatoms. The quantitative estimate of drug-likeness (QED) is 0.359. The van der Waals surface area contributed by atoms with Crippen molar-refractivity contribution in [2.24, 2.45) is 5.92 Å². The standard InChI is InChI=1S/C16H34.H3O3P/c1-4-7-8-9-10-11-12-13-14-15-16(5-2)6-3;1-4(2)3/h16H,4-15H2,1-3H3;4H,(H2,1,2,3). The van der Waals surface area contributed by atoms with Crippen LogP contribution in [0.3, 0.4) is 0 Å². The minimum absolute atomic E-state index is 1.00. The molecule has 0 saturated carbocycles. The van der Waals surface area contributed by atoms with Gasteiger partial charge in [-0.15, -0.1) is 0 Å². The van der Waals surface area contributed by atoms with Crippen LogP contribution >= 0.6 is 8.25 Å². The van der Waals surface area contributed by atoms with Crippen LogP contribution in [0, 0.1) is 5.92 Å². The van der Waals surface area contributed by atoms with E-state index in [0.29, 0.717) is 0 Å². The van der Waals surface area contributed by atoms with E-state index >= 15 is 0 Å². The summed E-state index contributed by atoms with van der Waals surface area (Å²) in [7, 11) is -3.13. The summed E-state index contributed by atoms with van der Waals surface area (Å²) in [6.07, 6.45) is 17.4. The molecule has 3 nitrogen and oxygen atoms in total. The Hall–Kier alpha value is 0.150. The van der Waals surface area contributed by atoms with Crippen molar-refractivity contribution >= 4 is 8.25 Å². The lowest BCUT2D eigenvalue weighted by Gasteiger charge is -2.11. The average molecular weight is 308 g/mol. The second-order valence-corrected chi connectivity index (χ2v) is 6.15. The highest BCUT2D eigenvalue weighted by molar-refractivity contribution is 7.30. The molecule has 0 amide bonds. The van der Waals surface area contributed by atoms with Crippen LogP contribution in [0.25, 0.3) is 0 Å². The Morgan fingerprint density at radius 2 is 1.10 bits per heavy atom. The molecule has 0 spiro atoms. The van der Waals surface area contributed by atoms with E-state index in [9.17, 15) is 0 Å². The van der Waals surface area contributed by atoms with Crippen LogP contribution in [0.1, 0.15) is 97.8 Å². The monoisotopic (exact) mass is 308 g/mol. The van der Waals surface area contributed by atoms with Crippen LogP contribution in [0.4, 0.5) is 0 Å². The smallest absolute Gasteiger partial charge is 0.314 e. The van der Waals surface area contributed by atoms with E-state index in [4.69, 9.17) is 14.4 Å². The third kappa shape index (κ3) is 23.3. The number of hydrogen-bond acceptors (Lipinski definition) is 1. The zero-order valence-corrected chi connectivity index (χ0v) is 14.9. The third-order valence-corrected chi connectivity index (χ3v) is 3.87. The highest BCUT2D eigenvalue weighted by Gasteiger charge is 2.02. The molecule has 124 valence electrons. The van der Waals surface area contributed by atoms with Gasteiger partial charge < -0.3 is 9.79 Å². The topological polar surface area (TPSA) is 57.5 Å². The molecule has 0 atom stereocenters. The van der Waals surface area contributed by atoms with Crippen molar-refractivity contribution in [3.8, 4) is 0 Å². The van der Waals surface area contributed by atoms with E-state index in [1.165, 1.54) is 77.0 Å². The van der Waals surface area contributed by atoms with Crippen LogP contribution in [0.5, 0.6) is 0 Å². The van der Waals surface area contributed by atoms with Gasteiger partial charge in [0.15, 0.2) is 0 Å². The maximum Gasteiger partial charge on any atom is 0.314 e. The Morgan fingerprint density at radius 3 is 1.45 bits per heavy atom. The highest BCUT2D eigenvalue weighted by Crippen LogP contribution is 2.17. The number of rotatable bonds is 12. The predicted octanol–water partition coefficient (Wildman–Crippen LogP) is 5.70. The van der Waals surface area contributed by atoms with E-state index < -0.39 is 8.25 Å². The van der Waals surface area contributed by atoms with Gasteiger partial charge >= 0.3 is 8.25 Å². The highest BCUT2D eigenvalue weighted by atomic mass is 31.1. The summed E-state index contributed by atoms with van der Waals surface area (Å²) < 4.78 is 8.74. The van der Waals surface area contributed by atoms with Gasteiger partial charge in [0.25, 0.3) is 0 Å². The summed E-state index contributed by atoms with van der Waals surface area (Å²) >= 11 is 0. The minimum atomic E-state index is -3.13. The summed E-state index contributed by atoms with van der Waals surface area (Å²) in [6, 6.07) is 0. The molecule has 0 rings (SSSR count). The maximum atomic E-state index is 8.74. The third-order valence-electron chi connectivity index (χ3n) is 3.87. The molecule has 0 aromatic heterocycles. The van der Waals surface area contributed by atoms with Gasteiger partial charge in [-0.3, -0.25) is 4.57 Å². The van der Waals surface area contributed by atoms with Gasteiger partial charge in [-0.25, -0.2) is 0 Å². The summed E-state index contributed by atoms with van der Waals surface area (Å²) in [5.41, 5.74) is 0. The summed E-state index contributed by atoms with van der Waals surface area (Å²) in [6.45, 7) is 6.96. The van der Waals surface area contributed by atoms with Crippen molar-refractivity contribution in [1.29, 1.82) is 0 Å². The Morgan fingerprint density at radius 1 is 0.750 bits per heavy atom. The van der Waals surface area contributed by atoms with Crippen molar-refractivity contribution in [3.63, 3.8) is 0 Å². The largest absolute Gasteiger partial charge is 0.326 e. The SMILES string of the molecule is CCCCCCCCCCCC(CC)CC.O=[PH](O)O. The Bertz CT molecular complexity index is 190. The summed E-state index contributed by atoms with van der Waals surface area (Å²) in [5, 5.41) is 0. The zero-order valence-electron chi connectivity index (χ0n) is 13.9. The van der Waals surface area contributed by atoms with Gasteiger partial charge in [0, 0.05) is 0 Å². The molecule has 0 saturated heterocycles. The van der Waals surface area contributed by atoms with Gasteiger partial charge in [0.1, 0.15) is 0 Å². The fraction of sp³-hybridized carbons (Fsp3) is 1.00. The molecule has 0 radical (unpaired) electrons. The Kier molecular flexibility index (Phi) is 21.5. The Balaban J connectivity index is 0. The summed E-state index contributed by atoms with van der Waals surface area (Å²) in [5.74, 6) is 1.00. The molecule has 20 heavy (non-hydrogen) atoms. The average Bonchev–Trinajstić information content (AvgIpc) is 2.40. The summed E-state index contributed by atoms with van der Waals surface area (Å²) in [4.78, 5) is 14.3. The predicted molar refractivity (Wildman–Crippen MR) is 89.4 cm³/mol. The Labute approximate surface area is 127 Å². The second kappa shape index (κ2) is 19.1. The van der Waals surface area contributed by atoms with Crippen molar-refractivity contribution in [2.75, 3.05) is 0 Å². The van der Waals surface area contributed by atoms with Crippen LogP contribution in [-0.4, -0.2) is 9.79 Å². The van der Waals surface area contributed by atoms with Gasteiger partial charge in [0.05, 0.1) is 0 Å². The van der Waals surface area contributed by atoms with E-state index in [-0.39, 0.29) is 0 Å². The molecule has 0 aliphatic carbocycles. The van der Waals surface area contributed by atoms with E-state index in [0.717, 1.165) is 5.92 Å². The second-order valence-electron chi connectivity index (χ2n) is 5.58. The van der Waals surface area contributed by atoms with Gasteiger partial charge in [-0.2, -0.15) is 0 Å². The van der Waals surface area contributed by atoms with Gasteiger partial charge in [-0.1, -0.05) is 97.8 Å². The lowest BCUT2D eigenvalue weighted by molar-refractivity contribution is 0.405. The van der Waals surface area contributed by atoms with Crippen molar-refractivity contribution in [3.05, 3.63) is 0 Å². The van der Waals surface area contributed by atoms with Crippen LogP contribution < -0.4 is 0 Å². The molecule has 0 heterocycles. The number of unbranched alkanes of at least 4 members (excludes halogenated alkanes) is 8. The first-order valence-electron chi connectivity index (χ1n) is 8.50. The normalized spacial score (nSPS) is 10.8. The first-order chi connectivity index (χ1) is 9.58. The molecule has 0 aliphatic heterocycles. The van der Waals surface area contributed by atoms with E-state index in [1.54, 1.807) is 0 Å². The van der Waals surface area contributed by atoms with Crippen molar-refractivity contribution < 1.29 is 14.4 Å². The lowest BCUT2D eigenvalue weighted by Crippen LogP contribution is -1.96. The van der Waals surface area contributed by atoms with Crippen LogP contribution in [-0.2, 0) is 4.57 Å². The molecular weight excluding hydrogens is 271 g/mol. The molecule has 0 bridgehead atoms. The molecule has 2 N–H and O–H groups in total. The first kappa shape index (κ1) is 22.4. The lowest BCUT2D eigenvalue weighted by atomic mass is 9.95. The number of hydrogen-bond donors (Lipinski definition) is 2. The zero-order chi connectivity index (χ0) is 15.6. The molecule has 0 fully saturated rings. The molecule has 0 unspecified atom stereocenters. The van der Waals surface area contributed by atoms with Crippen LogP contribution in [0.15, 0.2) is 0 Å². The van der Waals surface area contributed by atoms with Gasteiger partial charge in [0.2, 0.25) is 0 Å². The molecule has 0 aliphatic rings. The maximum absolute atomic E-state index is 8.74. The van der Waals surface area contributed by atoms with E-state index in [2.05, 4.69) is 20.8 Å². The molecule has 0 aromatic carbocycles. The fourth-order valence-corrected chi connectivity index (χ4v) is 2.44. The fourth-order valence-electron chi connectivity index (χ4n) is 2.44. The van der Waals surface area contributed by atoms with Gasteiger partial charge in [-0.05, 0) is 5.92 Å². The first-order valence-corrected chi connectivity index (χ1v) is 9.80. The van der Waals surface area contributed by atoms with Crippen molar-refractivity contribution in [2.45, 2.75) is 97.8 Å². The molecular formula is C16H37O3P. The minimum Gasteiger partial charge on any atom is -0.326 e. The van der Waals surface area contributed by atoms with E-state index in [1.807, 2.05) is 0 Å². The van der Waals surface area contributed by atoms with Crippen molar-refractivity contribution in [1.82, 2.24) is 0 Å².